The van der Waals surface area contributed by atoms with E-state index in [4.69, 9.17) is 0 Å². The molecule has 2 N–H and O–H groups in total. The van der Waals surface area contributed by atoms with Gasteiger partial charge in [0.2, 0.25) is 5.91 Å². The monoisotopic (exact) mass is 317 g/mol. The highest BCUT2D eigenvalue weighted by Gasteiger charge is 2.24. The molecule has 0 bridgehead atoms. The van der Waals surface area contributed by atoms with Crippen LogP contribution in [0.1, 0.15) is 37.3 Å². The van der Waals surface area contributed by atoms with Crippen molar-refractivity contribution >= 4 is 17.6 Å². The van der Waals surface area contributed by atoms with E-state index in [0.29, 0.717) is 25.4 Å². The van der Waals surface area contributed by atoms with Crippen molar-refractivity contribution in [2.75, 3.05) is 25.0 Å². The van der Waals surface area contributed by atoms with Gasteiger partial charge < -0.3 is 15.5 Å². The van der Waals surface area contributed by atoms with Crippen molar-refractivity contribution in [2.45, 2.75) is 40.0 Å². The third-order valence-electron chi connectivity index (χ3n) is 4.35. The van der Waals surface area contributed by atoms with E-state index in [0.717, 1.165) is 36.2 Å². The van der Waals surface area contributed by atoms with E-state index < -0.39 is 0 Å². The summed E-state index contributed by atoms with van der Waals surface area (Å²) >= 11 is 0. The van der Waals surface area contributed by atoms with Gasteiger partial charge in [0.15, 0.2) is 0 Å². The molecule has 1 saturated heterocycles. The molecule has 1 atom stereocenters. The van der Waals surface area contributed by atoms with Crippen molar-refractivity contribution in [1.82, 2.24) is 10.2 Å². The summed E-state index contributed by atoms with van der Waals surface area (Å²) in [6.07, 6.45) is 2.54. The molecule has 23 heavy (non-hydrogen) atoms. The molecule has 0 aliphatic carbocycles. The average Bonchev–Trinajstić information content (AvgIpc) is 2.56. The predicted octanol–water partition coefficient (Wildman–Crippen LogP) is 3.07. The predicted molar refractivity (Wildman–Crippen MR) is 92.5 cm³/mol. The van der Waals surface area contributed by atoms with Gasteiger partial charge in [-0.25, -0.2) is 4.79 Å². The largest absolute Gasteiger partial charge is 0.356 e. The van der Waals surface area contributed by atoms with Crippen LogP contribution in [0.25, 0.3) is 0 Å². The third-order valence-corrected chi connectivity index (χ3v) is 4.35. The zero-order chi connectivity index (χ0) is 16.8. The molecule has 5 heteroatoms. The minimum atomic E-state index is -0.0507. The molecule has 1 fully saturated rings. The summed E-state index contributed by atoms with van der Waals surface area (Å²) < 4.78 is 0. The Morgan fingerprint density at radius 2 is 2.09 bits per heavy atom. The number of benzene rings is 1. The van der Waals surface area contributed by atoms with Crippen LogP contribution in [0.2, 0.25) is 0 Å². The fourth-order valence-electron chi connectivity index (χ4n) is 2.86. The van der Waals surface area contributed by atoms with Crippen molar-refractivity contribution in [3.05, 3.63) is 29.3 Å². The number of carbonyl (C=O) groups excluding carboxylic acids is 2. The van der Waals surface area contributed by atoms with Gasteiger partial charge in [0, 0.05) is 31.7 Å². The number of aryl methyl sites for hydroxylation is 2. The van der Waals surface area contributed by atoms with Crippen LogP contribution in [0.4, 0.5) is 10.5 Å². The van der Waals surface area contributed by atoms with Crippen LogP contribution < -0.4 is 10.6 Å². The molecule has 3 amide bonds. The number of anilines is 1. The molecule has 0 radical (unpaired) electrons. The average molecular weight is 317 g/mol. The van der Waals surface area contributed by atoms with E-state index in [1.807, 2.05) is 43.9 Å². The lowest BCUT2D eigenvalue weighted by Gasteiger charge is -2.33. The van der Waals surface area contributed by atoms with Crippen LogP contribution in [-0.4, -0.2) is 36.5 Å². The molecule has 0 unspecified atom stereocenters. The highest BCUT2D eigenvalue weighted by Crippen LogP contribution is 2.20. The van der Waals surface area contributed by atoms with Gasteiger partial charge in [-0.3, -0.25) is 4.79 Å². The Morgan fingerprint density at radius 3 is 2.83 bits per heavy atom. The number of rotatable bonds is 4. The van der Waals surface area contributed by atoms with E-state index >= 15 is 0 Å². The summed E-state index contributed by atoms with van der Waals surface area (Å²) in [6.45, 7) is 7.98. The summed E-state index contributed by atoms with van der Waals surface area (Å²) in [4.78, 5) is 25.7. The van der Waals surface area contributed by atoms with Crippen molar-refractivity contribution < 1.29 is 9.59 Å². The minimum absolute atomic E-state index is 0.0507. The number of likely N-dealkylation sites (tertiary alicyclic amines) is 1. The van der Waals surface area contributed by atoms with Gasteiger partial charge in [0.1, 0.15) is 0 Å². The number of piperidine rings is 1. The Balaban J connectivity index is 1.91. The zero-order valence-electron chi connectivity index (χ0n) is 14.3. The Kier molecular flexibility index (Phi) is 6.02. The first-order valence-corrected chi connectivity index (χ1v) is 8.39. The molecular formula is C18H27N3O2. The summed E-state index contributed by atoms with van der Waals surface area (Å²) in [6, 6.07) is 6.00. The fraction of sp³-hybridized carbons (Fsp3) is 0.556. The van der Waals surface area contributed by atoms with Crippen molar-refractivity contribution in [2.24, 2.45) is 5.92 Å². The first kappa shape index (κ1) is 17.3. The van der Waals surface area contributed by atoms with Crippen molar-refractivity contribution in [3.8, 4) is 0 Å². The molecule has 1 aliphatic rings. The van der Waals surface area contributed by atoms with Crippen LogP contribution in [0.3, 0.4) is 0 Å². The van der Waals surface area contributed by atoms with Gasteiger partial charge in [0.05, 0.1) is 0 Å². The van der Waals surface area contributed by atoms with Gasteiger partial charge in [-0.15, -0.1) is 0 Å². The number of urea groups is 1. The van der Waals surface area contributed by atoms with Gasteiger partial charge in [-0.2, -0.15) is 0 Å². The van der Waals surface area contributed by atoms with E-state index in [-0.39, 0.29) is 11.9 Å². The van der Waals surface area contributed by atoms with Crippen molar-refractivity contribution in [3.63, 3.8) is 0 Å². The molecule has 0 saturated carbocycles. The molecular weight excluding hydrogens is 290 g/mol. The fourth-order valence-corrected chi connectivity index (χ4v) is 2.86. The summed E-state index contributed by atoms with van der Waals surface area (Å²) in [5, 5.41) is 5.95. The number of nitrogens with one attached hydrogen (secondary N) is 2. The van der Waals surface area contributed by atoms with E-state index in [2.05, 4.69) is 10.6 Å². The van der Waals surface area contributed by atoms with Crippen LogP contribution >= 0.6 is 0 Å². The first-order chi connectivity index (χ1) is 11.0. The van der Waals surface area contributed by atoms with Crippen molar-refractivity contribution in [1.29, 1.82) is 0 Å². The Bertz CT molecular complexity index is 571. The standard InChI is InChI=1S/C18H27N3O2/c1-4-17(22)19-11-15-6-5-9-21(12-15)18(23)20-16-10-13(2)7-8-14(16)3/h7-8,10,15H,4-6,9,11-12H2,1-3H3,(H,19,22)(H,20,23)/t15-/m1/s1. The van der Waals surface area contributed by atoms with E-state index in [1.165, 1.54) is 0 Å². The highest BCUT2D eigenvalue weighted by molar-refractivity contribution is 5.90. The van der Waals surface area contributed by atoms with Gasteiger partial charge >= 0.3 is 6.03 Å². The first-order valence-electron chi connectivity index (χ1n) is 8.39. The molecule has 0 spiro atoms. The maximum atomic E-state index is 12.5. The number of hydrogen-bond acceptors (Lipinski definition) is 2. The molecule has 126 valence electrons. The lowest BCUT2D eigenvalue weighted by atomic mass is 9.98. The van der Waals surface area contributed by atoms with Gasteiger partial charge in [-0.1, -0.05) is 19.1 Å². The Morgan fingerprint density at radius 1 is 1.30 bits per heavy atom. The molecule has 1 aromatic rings. The Hall–Kier alpha value is -2.04. The van der Waals surface area contributed by atoms with Crippen LogP contribution in [0, 0.1) is 19.8 Å². The third kappa shape index (κ3) is 4.98. The zero-order valence-corrected chi connectivity index (χ0v) is 14.3. The Labute approximate surface area is 138 Å². The minimum Gasteiger partial charge on any atom is -0.356 e. The van der Waals surface area contributed by atoms with Crippen LogP contribution in [-0.2, 0) is 4.79 Å². The van der Waals surface area contributed by atoms with E-state index in [1.54, 1.807) is 0 Å². The maximum absolute atomic E-state index is 12.5. The lowest BCUT2D eigenvalue weighted by Crippen LogP contribution is -2.45. The second-order valence-electron chi connectivity index (χ2n) is 6.36. The number of amides is 3. The second-order valence-corrected chi connectivity index (χ2v) is 6.36. The highest BCUT2D eigenvalue weighted by atomic mass is 16.2. The molecule has 1 aromatic carbocycles. The number of carbonyl (C=O) groups is 2. The summed E-state index contributed by atoms with van der Waals surface area (Å²) in [7, 11) is 0. The quantitative estimate of drug-likeness (QED) is 0.896. The smallest absolute Gasteiger partial charge is 0.321 e. The second kappa shape index (κ2) is 7.99. The van der Waals surface area contributed by atoms with Gasteiger partial charge in [0.25, 0.3) is 0 Å². The molecule has 2 rings (SSSR count). The SMILES string of the molecule is CCC(=O)NC[C@H]1CCCN(C(=O)Nc2cc(C)ccc2C)C1. The summed E-state index contributed by atoms with van der Waals surface area (Å²) in [5.74, 6) is 0.408. The maximum Gasteiger partial charge on any atom is 0.321 e. The van der Waals surface area contributed by atoms with E-state index in [9.17, 15) is 9.59 Å². The molecule has 1 aliphatic heterocycles. The van der Waals surface area contributed by atoms with Gasteiger partial charge in [-0.05, 0) is 49.8 Å². The number of hydrogen-bond donors (Lipinski definition) is 2. The lowest BCUT2D eigenvalue weighted by molar-refractivity contribution is -0.121. The number of nitrogens with zero attached hydrogens (tertiary/aromatic N) is 1. The van der Waals surface area contributed by atoms with Crippen LogP contribution in [0.5, 0.6) is 0 Å². The topological polar surface area (TPSA) is 61.4 Å². The summed E-state index contributed by atoms with van der Waals surface area (Å²) in [5.41, 5.74) is 3.06. The normalized spacial score (nSPS) is 17.7. The van der Waals surface area contributed by atoms with Crippen LogP contribution in [0.15, 0.2) is 18.2 Å². The molecule has 5 nitrogen and oxygen atoms in total. The molecule has 1 heterocycles. The molecule has 0 aromatic heterocycles.